The van der Waals surface area contributed by atoms with Gasteiger partial charge in [0.2, 0.25) is 0 Å². The first-order valence-corrected chi connectivity index (χ1v) is 5.81. The predicted octanol–water partition coefficient (Wildman–Crippen LogP) is 0.717. The van der Waals surface area contributed by atoms with E-state index in [0.717, 1.165) is 18.5 Å². The van der Waals surface area contributed by atoms with Crippen LogP contribution in [-0.4, -0.2) is 45.0 Å². The smallest absolute Gasteiger partial charge is 0.323 e. The molecule has 17 heavy (non-hydrogen) atoms. The van der Waals surface area contributed by atoms with E-state index in [-0.39, 0.29) is 18.7 Å². The molecule has 1 aliphatic heterocycles. The molecule has 6 heteroatoms. The molecule has 0 aromatic carbocycles. The summed E-state index contributed by atoms with van der Waals surface area (Å²) in [7, 11) is 1.79. The van der Waals surface area contributed by atoms with E-state index in [9.17, 15) is 9.90 Å². The fourth-order valence-electron chi connectivity index (χ4n) is 2.20. The van der Waals surface area contributed by atoms with Crippen LogP contribution in [0.25, 0.3) is 0 Å². The zero-order valence-corrected chi connectivity index (χ0v) is 10.2. The normalized spacial score (nSPS) is 19.7. The predicted molar refractivity (Wildman–Crippen MR) is 63.8 cm³/mol. The third-order valence-electron chi connectivity index (χ3n) is 3.09. The topological polar surface area (TPSA) is 70.4 Å². The molecule has 2 heterocycles. The van der Waals surface area contributed by atoms with Crippen molar-refractivity contribution < 1.29 is 9.90 Å². The van der Waals surface area contributed by atoms with Gasteiger partial charge in [0.1, 0.15) is 5.82 Å². The number of nitrogens with one attached hydrogen (secondary N) is 1. The number of rotatable bonds is 2. The summed E-state index contributed by atoms with van der Waals surface area (Å²) in [5.41, 5.74) is 0.864. The number of aryl methyl sites for hydroxylation is 2. The van der Waals surface area contributed by atoms with Crippen LogP contribution >= 0.6 is 0 Å². The van der Waals surface area contributed by atoms with Crippen LogP contribution in [0.2, 0.25) is 0 Å². The van der Waals surface area contributed by atoms with Gasteiger partial charge in [-0.3, -0.25) is 10.00 Å². The van der Waals surface area contributed by atoms with Crippen LogP contribution in [0.1, 0.15) is 18.5 Å². The monoisotopic (exact) mass is 238 g/mol. The molecular weight excluding hydrogens is 220 g/mol. The molecule has 2 rings (SSSR count). The molecule has 1 fully saturated rings. The Bertz CT molecular complexity index is 416. The molecule has 1 saturated heterocycles. The van der Waals surface area contributed by atoms with E-state index in [1.165, 1.54) is 0 Å². The largest absolute Gasteiger partial charge is 0.394 e. The van der Waals surface area contributed by atoms with Gasteiger partial charge in [0.15, 0.2) is 0 Å². The molecule has 2 N–H and O–H groups in total. The molecule has 0 bridgehead atoms. The van der Waals surface area contributed by atoms with E-state index in [1.807, 2.05) is 13.0 Å². The second kappa shape index (κ2) is 4.75. The first-order valence-electron chi connectivity index (χ1n) is 5.81. The van der Waals surface area contributed by atoms with Crippen LogP contribution in [-0.2, 0) is 7.05 Å². The Labute approximate surface area is 100 Å². The average molecular weight is 238 g/mol. The number of nitrogens with zero attached hydrogens (tertiary/aromatic N) is 3. The molecular formula is C11H18N4O2. The molecule has 1 aromatic heterocycles. The summed E-state index contributed by atoms with van der Waals surface area (Å²) in [5.74, 6) is 0.677. The second-order valence-corrected chi connectivity index (χ2v) is 4.40. The lowest BCUT2D eigenvalue weighted by molar-refractivity contribution is 0.166. The number of amides is 2. The molecule has 6 nitrogen and oxygen atoms in total. The van der Waals surface area contributed by atoms with Gasteiger partial charge >= 0.3 is 6.03 Å². The lowest BCUT2D eigenvalue weighted by atomic mass is 10.2. The van der Waals surface area contributed by atoms with Crippen LogP contribution in [0.5, 0.6) is 0 Å². The van der Waals surface area contributed by atoms with Crippen molar-refractivity contribution in [3.63, 3.8) is 0 Å². The van der Waals surface area contributed by atoms with Gasteiger partial charge in [-0.25, -0.2) is 4.79 Å². The van der Waals surface area contributed by atoms with Gasteiger partial charge in [0.25, 0.3) is 0 Å². The second-order valence-electron chi connectivity index (χ2n) is 4.40. The minimum Gasteiger partial charge on any atom is -0.394 e. The number of aliphatic hydroxyl groups is 1. The van der Waals surface area contributed by atoms with Gasteiger partial charge < -0.3 is 10.0 Å². The highest BCUT2D eigenvalue weighted by molar-refractivity contribution is 5.88. The summed E-state index contributed by atoms with van der Waals surface area (Å²) in [6, 6.07) is 1.61. The van der Waals surface area contributed by atoms with Gasteiger partial charge in [-0.1, -0.05) is 0 Å². The zero-order chi connectivity index (χ0) is 12.4. The van der Waals surface area contributed by atoms with Gasteiger partial charge in [0, 0.05) is 19.7 Å². The lowest BCUT2D eigenvalue weighted by Crippen LogP contribution is -2.40. The van der Waals surface area contributed by atoms with Gasteiger partial charge in [-0.05, 0) is 19.8 Å². The number of carbonyl (C=O) groups excluding carboxylic acids is 1. The molecule has 94 valence electrons. The maximum atomic E-state index is 12.0. The molecule has 0 radical (unpaired) electrons. The SMILES string of the molecule is Cc1cc(NC(=O)N2CCC[C@@H]2CO)n(C)n1. The highest BCUT2D eigenvalue weighted by Gasteiger charge is 2.28. The fraction of sp³-hybridized carbons (Fsp3) is 0.636. The van der Waals surface area contributed by atoms with E-state index < -0.39 is 0 Å². The summed E-state index contributed by atoms with van der Waals surface area (Å²) in [6.45, 7) is 2.60. The lowest BCUT2D eigenvalue weighted by Gasteiger charge is -2.23. The third-order valence-corrected chi connectivity index (χ3v) is 3.09. The Morgan fingerprint density at radius 2 is 2.47 bits per heavy atom. The molecule has 0 unspecified atom stereocenters. The number of likely N-dealkylation sites (tertiary alicyclic amines) is 1. The van der Waals surface area contributed by atoms with E-state index in [4.69, 9.17) is 0 Å². The van der Waals surface area contributed by atoms with Crippen LogP contribution in [0.15, 0.2) is 6.07 Å². The molecule has 1 aliphatic rings. The van der Waals surface area contributed by atoms with E-state index in [1.54, 1.807) is 16.6 Å². The van der Waals surface area contributed by atoms with Crippen LogP contribution in [0.4, 0.5) is 10.6 Å². The van der Waals surface area contributed by atoms with E-state index in [2.05, 4.69) is 10.4 Å². The summed E-state index contributed by atoms with van der Waals surface area (Å²) < 4.78 is 1.64. The number of carbonyl (C=O) groups is 1. The molecule has 2 amide bonds. The molecule has 0 aliphatic carbocycles. The summed E-state index contributed by atoms with van der Waals surface area (Å²) >= 11 is 0. The number of hydrogen-bond acceptors (Lipinski definition) is 3. The van der Waals surface area contributed by atoms with Gasteiger partial charge in [-0.15, -0.1) is 0 Å². The Kier molecular flexibility index (Phi) is 3.33. The Hall–Kier alpha value is -1.56. The van der Waals surface area contributed by atoms with Crippen LogP contribution < -0.4 is 5.32 Å². The van der Waals surface area contributed by atoms with Gasteiger partial charge in [-0.2, -0.15) is 5.10 Å². The first kappa shape index (κ1) is 11.9. The van der Waals surface area contributed by atoms with Crippen molar-refractivity contribution in [1.82, 2.24) is 14.7 Å². The van der Waals surface area contributed by atoms with Crippen molar-refractivity contribution >= 4 is 11.8 Å². The van der Waals surface area contributed by atoms with Crippen molar-refractivity contribution in [3.05, 3.63) is 11.8 Å². The Morgan fingerprint density at radius 1 is 1.71 bits per heavy atom. The third kappa shape index (κ3) is 2.41. The highest BCUT2D eigenvalue weighted by Crippen LogP contribution is 2.18. The first-order chi connectivity index (χ1) is 8.11. The van der Waals surface area contributed by atoms with Crippen LogP contribution in [0.3, 0.4) is 0 Å². The van der Waals surface area contributed by atoms with Crippen LogP contribution in [0, 0.1) is 6.92 Å². The Balaban J connectivity index is 2.04. The number of urea groups is 1. The van der Waals surface area contributed by atoms with E-state index in [0.29, 0.717) is 12.4 Å². The molecule has 0 spiro atoms. The molecule has 1 aromatic rings. The quantitative estimate of drug-likeness (QED) is 0.797. The minimum absolute atomic E-state index is 0.0256. The maximum absolute atomic E-state index is 12.0. The summed E-state index contributed by atoms with van der Waals surface area (Å²) in [6.07, 6.45) is 1.82. The minimum atomic E-state index is -0.162. The van der Waals surface area contributed by atoms with Crippen molar-refractivity contribution in [2.24, 2.45) is 7.05 Å². The van der Waals surface area contributed by atoms with Crippen molar-refractivity contribution in [2.45, 2.75) is 25.8 Å². The zero-order valence-electron chi connectivity index (χ0n) is 10.2. The number of hydrogen-bond donors (Lipinski definition) is 2. The summed E-state index contributed by atoms with van der Waals surface area (Å²) in [5, 5.41) is 16.1. The maximum Gasteiger partial charge on any atom is 0.323 e. The van der Waals surface area contributed by atoms with Crippen molar-refractivity contribution in [2.75, 3.05) is 18.5 Å². The Morgan fingerprint density at radius 3 is 3.06 bits per heavy atom. The van der Waals surface area contributed by atoms with Crippen molar-refractivity contribution in [3.8, 4) is 0 Å². The summed E-state index contributed by atoms with van der Waals surface area (Å²) in [4.78, 5) is 13.7. The van der Waals surface area contributed by atoms with Gasteiger partial charge in [0.05, 0.1) is 18.3 Å². The molecule has 1 atom stereocenters. The standard InChI is InChI=1S/C11H18N4O2/c1-8-6-10(14(2)13-8)12-11(17)15-5-3-4-9(15)7-16/h6,9,16H,3-5,7H2,1-2H3,(H,12,17)/t9-/m1/s1. The number of aliphatic hydroxyl groups excluding tert-OH is 1. The number of aromatic nitrogens is 2. The fourth-order valence-corrected chi connectivity index (χ4v) is 2.20. The van der Waals surface area contributed by atoms with E-state index >= 15 is 0 Å². The average Bonchev–Trinajstić information content (AvgIpc) is 2.85. The highest BCUT2D eigenvalue weighted by atomic mass is 16.3. The molecule has 0 saturated carbocycles. The number of anilines is 1. The van der Waals surface area contributed by atoms with Crippen molar-refractivity contribution in [1.29, 1.82) is 0 Å².